The molecular formula is C17H21N3O3. The van der Waals surface area contributed by atoms with Crippen molar-refractivity contribution in [3.8, 4) is 11.5 Å². The van der Waals surface area contributed by atoms with E-state index >= 15 is 0 Å². The van der Waals surface area contributed by atoms with Gasteiger partial charge in [-0.05, 0) is 29.8 Å². The molecule has 1 heterocycles. The molecule has 0 spiro atoms. The summed E-state index contributed by atoms with van der Waals surface area (Å²) in [7, 11) is 3.17. The Morgan fingerprint density at radius 3 is 2.61 bits per heavy atom. The predicted octanol–water partition coefficient (Wildman–Crippen LogP) is 1.50. The highest BCUT2D eigenvalue weighted by molar-refractivity contribution is 5.78. The molecule has 0 saturated heterocycles. The second-order valence-electron chi connectivity index (χ2n) is 4.89. The van der Waals surface area contributed by atoms with Gasteiger partial charge in [0.1, 0.15) is 0 Å². The number of amides is 1. The summed E-state index contributed by atoms with van der Waals surface area (Å²) in [5.74, 6) is 1.24. The Bertz CT molecular complexity index is 632. The van der Waals surface area contributed by atoms with Crippen LogP contribution in [0.4, 0.5) is 0 Å². The second-order valence-corrected chi connectivity index (χ2v) is 4.89. The zero-order chi connectivity index (χ0) is 16.5. The van der Waals surface area contributed by atoms with Crippen molar-refractivity contribution in [3.05, 3.63) is 53.9 Å². The van der Waals surface area contributed by atoms with E-state index in [-0.39, 0.29) is 12.5 Å². The van der Waals surface area contributed by atoms with E-state index in [0.29, 0.717) is 24.6 Å². The first-order valence-corrected chi connectivity index (χ1v) is 7.31. The van der Waals surface area contributed by atoms with E-state index in [4.69, 9.17) is 9.47 Å². The van der Waals surface area contributed by atoms with E-state index < -0.39 is 0 Å². The van der Waals surface area contributed by atoms with Gasteiger partial charge in [0.2, 0.25) is 5.91 Å². The Morgan fingerprint density at radius 1 is 1.09 bits per heavy atom. The van der Waals surface area contributed by atoms with E-state index in [1.165, 1.54) is 0 Å². The maximum atomic E-state index is 11.8. The van der Waals surface area contributed by atoms with Gasteiger partial charge in [0.25, 0.3) is 0 Å². The number of aromatic nitrogens is 1. The Kier molecular flexibility index (Phi) is 6.38. The van der Waals surface area contributed by atoms with Gasteiger partial charge in [-0.3, -0.25) is 9.78 Å². The maximum absolute atomic E-state index is 11.8. The summed E-state index contributed by atoms with van der Waals surface area (Å²) in [5.41, 5.74) is 1.85. The third-order valence-electron chi connectivity index (χ3n) is 3.26. The number of ether oxygens (including phenoxy) is 2. The van der Waals surface area contributed by atoms with Crippen LogP contribution in [0.15, 0.2) is 42.6 Å². The molecule has 2 N–H and O–H groups in total. The molecule has 0 atom stereocenters. The minimum atomic E-state index is -0.0734. The first kappa shape index (κ1) is 16.8. The molecule has 0 unspecified atom stereocenters. The summed E-state index contributed by atoms with van der Waals surface area (Å²) in [6, 6.07) is 11.2. The molecule has 6 nitrogen and oxygen atoms in total. The molecule has 2 rings (SSSR count). The van der Waals surface area contributed by atoms with Crippen molar-refractivity contribution in [3.63, 3.8) is 0 Å². The fourth-order valence-electron chi connectivity index (χ4n) is 2.06. The Hall–Kier alpha value is -2.60. The SMILES string of the molecule is COc1ccc(CNC(=O)CNCc2ccccn2)cc1OC. The zero-order valence-electron chi connectivity index (χ0n) is 13.3. The van der Waals surface area contributed by atoms with Crippen LogP contribution in [0.25, 0.3) is 0 Å². The van der Waals surface area contributed by atoms with Crippen LogP contribution in [0, 0.1) is 0 Å². The molecular weight excluding hydrogens is 294 g/mol. The number of hydrogen-bond acceptors (Lipinski definition) is 5. The topological polar surface area (TPSA) is 72.5 Å². The molecule has 1 aromatic heterocycles. The zero-order valence-corrected chi connectivity index (χ0v) is 13.3. The van der Waals surface area contributed by atoms with Gasteiger partial charge in [-0.25, -0.2) is 0 Å². The van der Waals surface area contributed by atoms with Crippen LogP contribution >= 0.6 is 0 Å². The summed E-state index contributed by atoms with van der Waals surface area (Å²) >= 11 is 0. The summed E-state index contributed by atoms with van der Waals surface area (Å²) in [6.45, 7) is 1.24. The second kappa shape index (κ2) is 8.75. The van der Waals surface area contributed by atoms with Gasteiger partial charge in [0, 0.05) is 19.3 Å². The molecule has 0 saturated carbocycles. The number of carbonyl (C=O) groups is 1. The van der Waals surface area contributed by atoms with Crippen molar-refractivity contribution in [1.29, 1.82) is 0 Å². The van der Waals surface area contributed by atoms with Crippen molar-refractivity contribution in [1.82, 2.24) is 15.6 Å². The molecule has 6 heteroatoms. The van der Waals surface area contributed by atoms with Gasteiger partial charge >= 0.3 is 0 Å². The van der Waals surface area contributed by atoms with Crippen molar-refractivity contribution < 1.29 is 14.3 Å². The fourth-order valence-corrected chi connectivity index (χ4v) is 2.06. The van der Waals surface area contributed by atoms with Crippen LogP contribution in [0.2, 0.25) is 0 Å². The van der Waals surface area contributed by atoms with E-state index in [0.717, 1.165) is 11.3 Å². The van der Waals surface area contributed by atoms with Gasteiger partial charge in [-0.15, -0.1) is 0 Å². The average Bonchev–Trinajstić information content (AvgIpc) is 2.60. The highest BCUT2D eigenvalue weighted by Gasteiger charge is 2.06. The largest absolute Gasteiger partial charge is 0.493 e. The maximum Gasteiger partial charge on any atom is 0.234 e. The quantitative estimate of drug-likeness (QED) is 0.772. The highest BCUT2D eigenvalue weighted by Crippen LogP contribution is 2.27. The summed E-state index contributed by atoms with van der Waals surface area (Å²) < 4.78 is 10.4. The number of rotatable bonds is 8. The lowest BCUT2D eigenvalue weighted by Gasteiger charge is -2.10. The van der Waals surface area contributed by atoms with Crippen molar-refractivity contribution in [2.45, 2.75) is 13.1 Å². The number of nitrogens with one attached hydrogen (secondary N) is 2. The predicted molar refractivity (Wildman–Crippen MR) is 87.3 cm³/mol. The molecule has 0 bridgehead atoms. The van der Waals surface area contributed by atoms with Gasteiger partial charge in [-0.1, -0.05) is 12.1 Å². The van der Waals surface area contributed by atoms with E-state index in [1.807, 2.05) is 36.4 Å². The smallest absolute Gasteiger partial charge is 0.234 e. The number of nitrogens with zero attached hydrogens (tertiary/aromatic N) is 1. The van der Waals surface area contributed by atoms with Crippen molar-refractivity contribution >= 4 is 5.91 Å². The molecule has 23 heavy (non-hydrogen) atoms. The molecule has 2 aromatic rings. The molecule has 122 valence electrons. The minimum Gasteiger partial charge on any atom is -0.493 e. The molecule has 0 aliphatic carbocycles. The van der Waals surface area contributed by atoms with Crippen LogP contribution in [-0.4, -0.2) is 31.7 Å². The Morgan fingerprint density at radius 2 is 1.91 bits per heavy atom. The summed E-state index contributed by atoms with van der Waals surface area (Å²) in [5, 5.41) is 5.92. The molecule has 1 amide bonds. The average molecular weight is 315 g/mol. The molecule has 0 fully saturated rings. The molecule has 1 aromatic carbocycles. The first-order valence-electron chi connectivity index (χ1n) is 7.31. The molecule has 0 aliphatic heterocycles. The highest BCUT2D eigenvalue weighted by atomic mass is 16.5. The lowest BCUT2D eigenvalue weighted by atomic mass is 10.2. The molecule has 0 aliphatic rings. The lowest BCUT2D eigenvalue weighted by Crippen LogP contribution is -2.33. The number of carbonyl (C=O) groups excluding carboxylic acids is 1. The first-order chi connectivity index (χ1) is 11.2. The third kappa shape index (κ3) is 5.27. The monoisotopic (exact) mass is 315 g/mol. The van der Waals surface area contributed by atoms with Crippen LogP contribution in [0.1, 0.15) is 11.3 Å². The Balaban J connectivity index is 1.76. The summed E-state index contributed by atoms with van der Waals surface area (Å²) in [4.78, 5) is 16.0. The van der Waals surface area contributed by atoms with Gasteiger partial charge in [0.15, 0.2) is 11.5 Å². The fraction of sp³-hybridized carbons (Fsp3) is 0.294. The van der Waals surface area contributed by atoms with Gasteiger partial charge < -0.3 is 20.1 Å². The number of benzene rings is 1. The van der Waals surface area contributed by atoms with Crippen molar-refractivity contribution in [2.24, 2.45) is 0 Å². The standard InChI is InChI=1S/C17H21N3O3/c1-22-15-7-6-13(9-16(15)23-2)10-20-17(21)12-18-11-14-5-3-4-8-19-14/h3-9,18H,10-12H2,1-2H3,(H,20,21). The summed E-state index contributed by atoms with van der Waals surface area (Å²) in [6.07, 6.45) is 1.73. The van der Waals surface area contributed by atoms with Gasteiger partial charge in [-0.2, -0.15) is 0 Å². The number of methoxy groups -OCH3 is 2. The lowest BCUT2D eigenvalue weighted by molar-refractivity contribution is -0.120. The normalized spacial score (nSPS) is 10.2. The van der Waals surface area contributed by atoms with Crippen LogP contribution in [0.3, 0.4) is 0 Å². The van der Waals surface area contributed by atoms with E-state index in [9.17, 15) is 4.79 Å². The van der Waals surface area contributed by atoms with Crippen LogP contribution in [-0.2, 0) is 17.9 Å². The third-order valence-corrected chi connectivity index (χ3v) is 3.26. The van der Waals surface area contributed by atoms with E-state index in [1.54, 1.807) is 20.4 Å². The Labute approximate surface area is 135 Å². The van der Waals surface area contributed by atoms with Crippen LogP contribution in [0.5, 0.6) is 11.5 Å². The van der Waals surface area contributed by atoms with Crippen molar-refractivity contribution in [2.75, 3.05) is 20.8 Å². The molecule has 0 radical (unpaired) electrons. The van der Waals surface area contributed by atoms with Gasteiger partial charge in [0.05, 0.1) is 26.5 Å². The van der Waals surface area contributed by atoms with Crippen LogP contribution < -0.4 is 20.1 Å². The number of hydrogen-bond donors (Lipinski definition) is 2. The minimum absolute atomic E-state index is 0.0734. The number of pyridine rings is 1. The van der Waals surface area contributed by atoms with E-state index in [2.05, 4.69) is 15.6 Å².